The maximum atomic E-state index is 13.1. The molecule has 3 rings (SSSR count). The van der Waals surface area contributed by atoms with Gasteiger partial charge in [0, 0.05) is 6.07 Å². The van der Waals surface area contributed by atoms with Crippen LogP contribution in [0, 0.1) is 12.7 Å². The van der Waals surface area contributed by atoms with E-state index in [1.807, 2.05) is 0 Å². The van der Waals surface area contributed by atoms with Crippen molar-refractivity contribution in [1.29, 1.82) is 0 Å². The van der Waals surface area contributed by atoms with E-state index in [2.05, 4.69) is 10.4 Å². The highest BCUT2D eigenvalue weighted by Gasteiger charge is 2.23. The number of carboxylic acids is 1. The number of hydrogen-bond acceptors (Lipinski definition) is 5. The second-order valence-electron chi connectivity index (χ2n) is 6.62. The van der Waals surface area contributed by atoms with Gasteiger partial charge in [0.1, 0.15) is 11.6 Å². The Morgan fingerprint density at radius 1 is 1.20 bits per heavy atom. The van der Waals surface area contributed by atoms with Crippen LogP contribution < -0.4 is 10.1 Å². The number of halogens is 1. The predicted molar refractivity (Wildman–Crippen MR) is 105 cm³/mol. The Bertz CT molecular complexity index is 1080. The third-order valence-electron chi connectivity index (χ3n) is 4.53. The molecule has 9 heteroatoms. The molecule has 1 aromatic heterocycles. The van der Waals surface area contributed by atoms with Crippen LogP contribution in [0.3, 0.4) is 0 Å². The minimum absolute atomic E-state index is 0.113. The Balaban J connectivity index is 1.87. The fraction of sp³-hybridized carbons (Fsp3) is 0.190. The molecule has 1 atom stereocenters. The molecule has 0 aliphatic carbocycles. The lowest BCUT2D eigenvalue weighted by Gasteiger charge is -2.19. The highest BCUT2D eigenvalue weighted by Crippen LogP contribution is 2.26. The molecule has 0 bridgehead atoms. The van der Waals surface area contributed by atoms with E-state index in [4.69, 9.17) is 4.74 Å². The van der Waals surface area contributed by atoms with Crippen molar-refractivity contribution in [3.8, 4) is 17.3 Å². The number of carboxylic acid groups (broad SMARTS) is 1. The molecular weight excluding hydrogens is 393 g/mol. The fourth-order valence-corrected chi connectivity index (χ4v) is 3.07. The van der Waals surface area contributed by atoms with Gasteiger partial charge in [-0.15, -0.1) is 0 Å². The average Bonchev–Trinajstić information content (AvgIpc) is 3.09. The monoisotopic (exact) mass is 413 g/mol. The largest absolute Gasteiger partial charge is 0.497 e. The Morgan fingerprint density at radius 2 is 1.90 bits per heavy atom. The summed E-state index contributed by atoms with van der Waals surface area (Å²) in [6, 6.07) is 10.6. The van der Waals surface area contributed by atoms with Crippen molar-refractivity contribution in [1.82, 2.24) is 15.1 Å². The summed E-state index contributed by atoms with van der Waals surface area (Å²) in [6.45, 7) is 1.79. The lowest BCUT2D eigenvalue weighted by atomic mass is 9.98. The van der Waals surface area contributed by atoms with Gasteiger partial charge in [-0.3, -0.25) is 9.59 Å². The predicted octanol–water partition coefficient (Wildman–Crippen LogP) is 2.98. The number of benzene rings is 2. The van der Waals surface area contributed by atoms with Gasteiger partial charge in [0.15, 0.2) is 5.69 Å². The summed E-state index contributed by atoms with van der Waals surface area (Å²) < 4.78 is 19.4. The Hall–Kier alpha value is -3.88. The van der Waals surface area contributed by atoms with E-state index in [1.165, 1.54) is 31.4 Å². The molecule has 0 saturated carbocycles. The summed E-state index contributed by atoms with van der Waals surface area (Å²) in [6.07, 6.45) is -0.344. The van der Waals surface area contributed by atoms with Gasteiger partial charge in [0.2, 0.25) is 5.88 Å². The molecule has 0 fully saturated rings. The Kier molecular flexibility index (Phi) is 6.01. The highest BCUT2D eigenvalue weighted by molar-refractivity contribution is 5.93. The molecule has 0 aliphatic heterocycles. The zero-order chi connectivity index (χ0) is 21.8. The first-order chi connectivity index (χ1) is 14.3. The minimum Gasteiger partial charge on any atom is -0.497 e. The van der Waals surface area contributed by atoms with E-state index in [0.717, 1.165) is 16.3 Å². The van der Waals surface area contributed by atoms with Gasteiger partial charge in [-0.05, 0) is 54.4 Å². The quantitative estimate of drug-likeness (QED) is 0.549. The first-order valence-electron chi connectivity index (χ1n) is 9.00. The summed E-state index contributed by atoms with van der Waals surface area (Å²) >= 11 is 0. The van der Waals surface area contributed by atoms with Gasteiger partial charge in [-0.2, -0.15) is 5.10 Å². The molecule has 0 radical (unpaired) electrons. The van der Waals surface area contributed by atoms with Crippen molar-refractivity contribution >= 4 is 11.9 Å². The van der Waals surface area contributed by atoms with Crippen molar-refractivity contribution in [2.24, 2.45) is 0 Å². The topological polar surface area (TPSA) is 114 Å². The summed E-state index contributed by atoms with van der Waals surface area (Å²) in [5.74, 6) is -1.90. The Morgan fingerprint density at radius 3 is 2.50 bits per heavy atom. The molecule has 8 nitrogen and oxygen atoms in total. The van der Waals surface area contributed by atoms with E-state index in [1.54, 1.807) is 25.1 Å². The number of nitrogens with one attached hydrogen (secondary N) is 1. The number of hydrogen-bond donors (Lipinski definition) is 3. The number of ether oxygens (including phenoxy) is 1. The first-order valence-corrected chi connectivity index (χ1v) is 9.00. The number of methoxy groups -OCH3 is 1. The molecule has 1 amide bonds. The van der Waals surface area contributed by atoms with Crippen LogP contribution in [-0.4, -0.2) is 39.0 Å². The smallest absolute Gasteiger partial charge is 0.305 e. The van der Waals surface area contributed by atoms with Crippen LogP contribution in [0.15, 0.2) is 48.5 Å². The van der Waals surface area contributed by atoms with Crippen LogP contribution >= 0.6 is 0 Å². The second kappa shape index (κ2) is 8.64. The maximum absolute atomic E-state index is 13.1. The first kappa shape index (κ1) is 20.8. The van der Waals surface area contributed by atoms with Crippen LogP contribution in [-0.2, 0) is 4.79 Å². The van der Waals surface area contributed by atoms with E-state index < -0.39 is 23.7 Å². The number of aromatic hydroxyl groups is 1. The number of nitrogens with zero attached hydrogens (tertiary/aromatic N) is 2. The third-order valence-corrected chi connectivity index (χ3v) is 4.53. The molecule has 30 heavy (non-hydrogen) atoms. The van der Waals surface area contributed by atoms with Crippen molar-refractivity contribution in [2.75, 3.05) is 7.11 Å². The van der Waals surface area contributed by atoms with Crippen molar-refractivity contribution in [3.63, 3.8) is 0 Å². The van der Waals surface area contributed by atoms with Crippen molar-refractivity contribution < 1.29 is 28.9 Å². The summed E-state index contributed by atoms with van der Waals surface area (Å²) in [5, 5.41) is 26.1. The summed E-state index contributed by atoms with van der Waals surface area (Å²) in [7, 11) is 1.52. The lowest BCUT2D eigenvalue weighted by molar-refractivity contribution is -0.137. The molecule has 0 saturated heterocycles. The van der Waals surface area contributed by atoms with Crippen LogP contribution in [0.4, 0.5) is 4.39 Å². The van der Waals surface area contributed by atoms with Crippen LogP contribution in [0.1, 0.15) is 34.1 Å². The number of carbonyl (C=O) groups excluding carboxylic acids is 1. The number of aliphatic carboxylic acids is 1. The summed E-state index contributed by atoms with van der Waals surface area (Å²) in [4.78, 5) is 24.1. The van der Waals surface area contributed by atoms with E-state index >= 15 is 0 Å². The average molecular weight is 413 g/mol. The molecule has 0 aliphatic rings. The van der Waals surface area contributed by atoms with Crippen LogP contribution in [0.2, 0.25) is 0 Å². The molecule has 2 aromatic carbocycles. The number of amides is 1. The minimum atomic E-state index is -1.09. The number of carbonyl (C=O) groups is 2. The normalized spacial score (nSPS) is 11.7. The molecular formula is C21H20FN3O5. The van der Waals surface area contributed by atoms with Gasteiger partial charge in [-0.1, -0.05) is 6.07 Å². The van der Waals surface area contributed by atoms with E-state index in [0.29, 0.717) is 17.0 Å². The second-order valence-corrected chi connectivity index (χ2v) is 6.62. The van der Waals surface area contributed by atoms with Crippen molar-refractivity contribution in [3.05, 3.63) is 71.2 Å². The third kappa shape index (κ3) is 4.57. The van der Waals surface area contributed by atoms with Crippen molar-refractivity contribution in [2.45, 2.75) is 19.4 Å². The van der Waals surface area contributed by atoms with Gasteiger partial charge >= 0.3 is 5.97 Å². The Labute approximate surface area is 171 Å². The molecule has 3 N–H and O–H groups in total. The SMILES string of the molecule is COc1ccc(C(CC(=O)O)NC(=O)c2cc(O)n(-c3ccc(F)cc3)n2)c(C)c1. The van der Waals surface area contributed by atoms with E-state index in [-0.39, 0.29) is 18.0 Å². The van der Waals surface area contributed by atoms with Gasteiger partial charge in [0.05, 0.1) is 25.3 Å². The zero-order valence-corrected chi connectivity index (χ0v) is 16.3. The number of rotatable bonds is 7. The van der Waals surface area contributed by atoms with Gasteiger partial charge < -0.3 is 20.3 Å². The van der Waals surface area contributed by atoms with Gasteiger partial charge in [0.25, 0.3) is 5.91 Å². The maximum Gasteiger partial charge on any atom is 0.305 e. The molecule has 0 spiro atoms. The molecule has 1 unspecified atom stereocenters. The highest BCUT2D eigenvalue weighted by atomic mass is 19.1. The summed E-state index contributed by atoms with van der Waals surface area (Å²) in [5.41, 5.74) is 1.62. The van der Waals surface area contributed by atoms with Crippen LogP contribution in [0.25, 0.3) is 5.69 Å². The number of aromatic nitrogens is 2. The van der Waals surface area contributed by atoms with E-state index in [9.17, 15) is 24.2 Å². The van der Waals surface area contributed by atoms with Gasteiger partial charge in [-0.25, -0.2) is 9.07 Å². The fourth-order valence-electron chi connectivity index (χ4n) is 3.07. The lowest BCUT2D eigenvalue weighted by Crippen LogP contribution is -2.31. The molecule has 156 valence electrons. The standard InChI is InChI=1S/C21H20FN3O5/c1-12-9-15(30-2)7-8-16(12)17(11-20(27)28)23-21(29)18-10-19(26)25(24-18)14-5-3-13(22)4-6-14/h3-10,17,26H,11H2,1-2H3,(H,23,29)(H,27,28). The van der Waals surface area contributed by atoms with Crippen LogP contribution in [0.5, 0.6) is 11.6 Å². The molecule has 1 heterocycles. The molecule has 3 aromatic rings. The zero-order valence-electron chi connectivity index (χ0n) is 16.3. The number of aryl methyl sites for hydroxylation is 1.